The van der Waals surface area contributed by atoms with Crippen molar-refractivity contribution >= 4 is 12.6 Å². The Kier molecular flexibility index (Phi) is 4.90. The molecule has 0 bridgehead atoms. The predicted molar refractivity (Wildman–Crippen MR) is 70.3 cm³/mol. The molecule has 0 unspecified atom stereocenters. The molecule has 1 heterocycles. The van der Waals surface area contributed by atoms with Crippen molar-refractivity contribution < 1.29 is 27.6 Å². The summed E-state index contributed by atoms with van der Waals surface area (Å²) in [6.45, 7) is 0.764. The van der Waals surface area contributed by atoms with Gasteiger partial charge in [0.2, 0.25) is 0 Å². The van der Waals surface area contributed by atoms with E-state index < -0.39 is 25.0 Å². The first-order chi connectivity index (χ1) is 9.77. The third-order valence-corrected chi connectivity index (χ3v) is 3.82. The van der Waals surface area contributed by atoms with Crippen molar-refractivity contribution in [2.75, 3.05) is 13.1 Å². The molecule has 2 N–H and O–H groups in total. The maximum Gasteiger partial charge on any atom is 0.488 e. The number of piperidine rings is 1. The van der Waals surface area contributed by atoms with Crippen molar-refractivity contribution in [3.8, 4) is 0 Å². The number of benzene rings is 1. The largest absolute Gasteiger partial charge is 0.488 e. The maximum absolute atomic E-state index is 13.8. The zero-order valence-corrected chi connectivity index (χ0v) is 11.3. The third kappa shape index (κ3) is 4.18. The van der Waals surface area contributed by atoms with Gasteiger partial charge in [0, 0.05) is 12.1 Å². The van der Waals surface area contributed by atoms with E-state index in [2.05, 4.69) is 0 Å². The molecule has 1 aromatic rings. The van der Waals surface area contributed by atoms with Gasteiger partial charge in [-0.2, -0.15) is 13.2 Å². The van der Waals surface area contributed by atoms with E-state index in [1.807, 2.05) is 0 Å². The molecule has 116 valence electrons. The second kappa shape index (κ2) is 6.33. The highest BCUT2D eigenvalue weighted by Crippen LogP contribution is 2.34. The molecule has 0 spiro atoms. The van der Waals surface area contributed by atoms with Gasteiger partial charge in [0.25, 0.3) is 0 Å². The Bertz CT molecular complexity index is 488. The molecule has 0 aromatic heterocycles. The first-order valence-electron chi connectivity index (χ1n) is 6.71. The number of halogens is 4. The van der Waals surface area contributed by atoms with E-state index in [-0.39, 0.29) is 37.9 Å². The molecule has 0 atom stereocenters. The minimum Gasteiger partial charge on any atom is -0.423 e. The standard InChI is InChI=1S/C13H16BF4NO2/c15-12-7-11(14(20)21)2-1-9(12)8-19-5-3-10(4-6-19)13(16,17)18/h1-2,7,10,20-21H,3-6,8H2. The highest BCUT2D eigenvalue weighted by Gasteiger charge is 2.41. The fraction of sp³-hybridized carbons (Fsp3) is 0.538. The zero-order valence-electron chi connectivity index (χ0n) is 11.3. The summed E-state index contributed by atoms with van der Waals surface area (Å²) in [6, 6.07) is 3.86. The molecule has 0 saturated carbocycles. The van der Waals surface area contributed by atoms with Gasteiger partial charge in [-0.1, -0.05) is 12.1 Å². The SMILES string of the molecule is OB(O)c1ccc(CN2CCC(C(F)(F)F)CC2)c(F)c1. The van der Waals surface area contributed by atoms with Gasteiger partial charge in [0.15, 0.2) is 0 Å². The maximum atomic E-state index is 13.8. The molecule has 0 aliphatic carbocycles. The summed E-state index contributed by atoms with van der Waals surface area (Å²) in [7, 11) is -1.74. The molecule has 2 rings (SSSR count). The van der Waals surface area contributed by atoms with Gasteiger partial charge in [-0.3, -0.25) is 4.90 Å². The number of alkyl halides is 3. The molecule has 1 aliphatic heterocycles. The Morgan fingerprint density at radius 1 is 1.19 bits per heavy atom. The molecular weight excluding hydrogens is 289 g/mol. The van der Waals surface area contributed by atoms with Crippen LogP contribution in [0.4, 0.5) is 17.6 Å². The average Bonchev–Trinajstić information content (AvgIpc) is 2.40. The van der Waals surface area contributed by atoms with Gasteiger partial charge >= 0.3 is 13.3 Å². The monoisotopic (exact) mass is 305 g/mol. The van der Waals surface area contributed by atoms with Crippen LogP contribution in [0.25, 0.3) is 0 Å². The van der Waals surface area contributed by atoms with Crippen LogP contribution in [0.2, 0.25) is 0 Å². The molecule has 1 fully saturated rings. The second-order valence-electron chi connectivity index (χ2n) is 5.32. The normalized spacial score (nSPS) is 18.0. The van der Waals surface area contributed by atoms with Crippen molar-refractivity contribution in [1.82, 2.24) is 4.90 Å². The average molecular weight is 305 g/mol. The number of hydrogen-bond donors (Lipinski definition) is 2. The molecule has 1 saturated heterocycles. The van der Waals surface area contributed by atoms with Crippen LogP contribution >= 0.6 is 0 Å². The van der Waals surface area contributed by atoms with Gasteiger partial charge in [0.1, 0.15) is 5.82 Å². The highest BCUT2D eigenvalue weighted by atomic mass is 19.4. The topological polar surface area (TPSA) is 43.7 Å². The Labute approximate surface area is 120 Å². The van der Waals surface area contributed by atoms with Crippen LogP contribution in [-0.2, 0) is 6.54 Å². The summed E-state index contributed by atoms with van der Waals surface area (Å²) in [5, 5.41) is 17.9. The fourth-order valence-electron chi connectivity index (χ4n) is 2.51. The smallest absolute Gasteiger partial charge is 0.423 e. The summed E-state index contributed by atoms with van der Waals surface area (Å²) < 4.78 is 51.5. The summed E-state index contributed by atoms with van der Waals surface area (Å²) in [6.07, 6.45) is -4.10. The lowest BCUT2D eigenvalue weighted by molar-refractivity contribution is -0.185. The van der Waals surface area contributed by atoms with Gasteiger partial charge < -0.3 is 10.0 Å². The van der Waals surface area contributed by atoms with Gasteiger partial charge in [0.05, 0.1) is 5.92 Å². The van der Waals surface area contributed by atoms with Gasteiger partial charge in [-0.25, -0.2) is 4.39 Å². The summed E-state index contributed by atoms with van der Waals surface area (Å²) in [5.41, 5.74) is 0.386. The Balaban J connectivity index is 1.95. The van der Waals surface area contributed by atoms with Crippen molar-refractivity contribution in [3.63, 3.8) is 0 Å². The van der Waals surface area contributed by atoms with Crippen LogP contribution in [0.1, 0.15) is 18.4 Å². The first-order valence-corrected chi connectivity index (χ1v) is 6.71. The zero-order chi connectivity index (χ0) is 15.6. The number of nitrogens with zero attached hydrogens (tertiary/aromatic N) is 1. The molecule has 1 aliphatic rings. The van der Waals surface area contributed by atoms with E-state index in [9.17, 15) is 17.6 Å². The van der Waals surface area contributed by atoms with Crippen LogP contribution in [0.15, 0.2) is 18.2 Å². The second-order valence-corrected chi connectivity index (χ2v) is 5.32. The lowest BCUT2D eigenvalue weighted by Crippen LogP contribution is -2.38. The van der Waals surface area contributed by atoms with Crippen molar-refractivity contribution in [2.24, 2.45) is 5.92 Å². The van der Waals surface area contributed by atoms with E-state index in [0.29, 0.717) is 5.56 Å². The van der Waals surface area contributed by atoms with E-state index in [4.69, 9.17) is 10.0 Å². The summed E-state index contributed by atoms with van der Waals surface area (Å²) in [4.78, 5) is 1.77. The van der Waals surface area contributed by atoms with Crippen LogP contribution in [0.5, 0.6) is 0 Å². The van der Waals surface area contributed by atoms with Crippen LogP contribution in [0, 0.1) is 11.7 Å². The molecule has 8 heteroatoms. The lowest BCUT2D eigenvalue weighted by Gasteiger charge is -2.32. The van der Waals surface area contributed by atoms with E-state index in [0.717, 1.165) is 6.07 Å². The first kappa shape index (κ1) is 16.3. The van der Waals surface area contributed by atoms with Crippen LogP contribution in [0.3, 0.4) is 0 Å². The van der Waals surface area contributed by atoms with Crippen molar-refractivity contribution in [1.29, 1.82) is 0 Å². The number of hydrogen-bond acceptors (Lipinski definition) is 3. The minimum atomic E-state index is -4.16. The number of rotatable bonds is 3. The predicted octanol–water partition coefficient (Wildman–Crippen LogP) is 1.28. The molecule has 0 radical (unpaired) electrons. The summed E-state index contributed by atoms with van der Waals surface area (Å²) >= 11 is 0. The molecular formula is C13H16BF4NO2. The van der Waals surface area contributed by atoms with Gasteiger partial charge in [-0.05, 0) is 37.5 Å². The molecule has 1 aromatic carbocycles. The van der Waals surface area contributed by atoms with E-state index in [1.54, 1.807) is 4.90 Å². The minimum absolute atomic E-state index is 0.0263. The van der Waals surface area contributed by atoms with Crippen molar-refractivity contribution in [2.45, 2.75) is 25.6 Å². The molecule has 21 heavy (non-hydrogen) atoms. The van der Waals surface area contributed by atoms with Crippen LogP contribution < -0.4 is 5.46 Å². The molecule has 3 nitrogen and oxygen atoms in total. The Hall–Kier alpha value is -1.12. The summed E-state index contributed by atoms with van der Waals surface area (Å²) in [5.74, 6) is -1.86. The quantitative estimate of drug-likeness (QED) is 0.653. The molecule has 0 amide bonds. The third-order valence-electron chi connectivity index (χ3n) is 3.82. The van der Waals surface area contributed by atoms with Crippen molar-refractivity contribution in [3.05, 3.63) is 29.6 Å². The van der Waals surface area contributed by atoms with E-state index in [1.165, 1.54) is 12.1 Å². The van der Waals surface area contributed by atoms with Gasteiger partial charge in [-0.15, -0.1) is 0 Å². The highest BCUT2D eigenvalue weighted by molar-refractivity contribution is 6.58. The fourth-order valence-corrected chi connectivity index (χ4v) is 2.51. The lowest BCUT2D eigenvalue weighted by atomic mass is 9.80. The Morgan fingerprint density at radius 3 is 2.29 bits per heavy atom. The van der Waals surface area contributed by atoms with E-state index >= 15 is 0 Å². The van der Waals surface area contributed by atoms with Crippen LogP contribution in [-0.4, -0.2) is 41.3 Å². The number of likely N-dealkylation sites (tertiary alicyclic amines) is 1. The Morgan fingerprint density at radius 2 is 1.81 bits per heavy atom.